The summed E-state index contributed by atoms with van der Waals surface area (Å²) in [7, 11) is 1.74. The first-order valence-corrected chi connectivity index (χ1v) is 10.2. The van der Waals surface area contributed by atoms with Crippen LogP contribution in [0.1, 0.15) is 22.8 Å². The molecular formula is C24H26N6O. The monoisotopic (exact) mass is 414 g/mol. The fraction of sp³-hybridized carbons (Fsp3) is 0.208. The Hall–Kier alpha value is -3.87. The molecule has 2 aromatic carbocycles. The number of nitrogens with zero attached hydrogens (tertiary/aromatic N) is 4. The van der Waals surface area contributed by atoms with Gasteiger partial charge in [0.05, 0.1) is 24.1 Å². The largest absolute Gasteiger partial charge is 0.439 e. The molecule has 7 heteroatoms. The molecule has 0 saturated heterocycles. The first-order chi connectivity index (χ1) is 15.1. The Labute approximate surface area is 181 Å². The standard InChI is InChI=1S/C24H26N6O/c1-17-13-18(2)30(29-17)21-12-8-7-11-20(21)14-27-24(25-3)28-16-23-26-15-22(31-23)19-9-5-4-6-10-19/h4-13,15H,14,16H2,1-3H3,(H2,25,27,28). The Balaban J connectivity index is 1.39. The van der Waals surface area contributed by atoms with E-state index in [0.717, 1.165) is 34.0 Å². The fourth-order valence-electron chi connectivity index (χ4n) is 3.43. The molecule has 4 aromatic rings. The molecule has 0 unspecified atom stereocenters. The van der Waals surface area contributed by atoms with Crippen LogP contribution < -0.4 is 10.6 Å². The van der Waals surface area contributed by atoms with Gasteiger partial charge in [0.15, 0.2) is 11.7 Å². The quantitative estimate of drug-likeness (QED) is 0.368. The van der Waals surface area contributed by atoms with Gasteiger partial charge in [-0.05, 0) is 31.5 Å². The van der Waals surface area contributed by atoms with Crippen molar-refractivity contribution in [1.29, 1.82) is 0 Å². The number of rotatable bonds is 6. The number of aryl methyl sites for hydroxylation is 2. The number of hydrogen-bond donors (Lipinski definition) is 2. The molecule has 2 N–H and O–H groups in total. The summed E-state index contributed by atoms with van der Waals surface area (Å²) >= 11 is 0. The number of aromatic nitrogens is 3. The van der Waals surface area contributed by atoms with Crippen molar-refractivity contribution in [2.45, 2.75) is 26.9 Å². The van der Waals surface area contributed by atoms with Gasteiger partial charge >= 0.3 is 0 Å². The molecule has 0 amide bonds. The first-order valence-electron chi connectivity index (χ1n) is 10.2. The van der Waals surface area contributed by atoms with Gasteiger partial charge in [0.2, 0.25) is 5.89 Å². The zero-order chi connectivity index (χ0) is 21.6. The smallest absolute Gasteiger partial charge is 0.214 e. The van der Waals surface area contributed by atoms with E-state index in [1.807, 2.05) is 54.1 Å². The van der Waals surface area contributed by atoms with Crippen molar-refractivity contribution in [1.82, 2.24) is 25.4 Å². The highest BCUT2D eigenvalue weighted by Gasteiger charge is 2.10. The molecule has 0 bridgehead atoms. The van der Waals surface area contributed by atoms with Crippen LogP contribution in [-0.2, 0) is 13.1 Å². The van der Waals surface area contributed by atoms with Gasteiger partial charge in [0, 0.05) is 24.8 Å². The lowest BCUT2D eigenvalue weighted by Gasteiger charge is -2.14. The second-order valence-corrected chi connectivity index (χ2v) is 7.23. The van der Waals surface area contributed by atoms with Gasteiger partial charge in [-0.2, -0.15) is 5.10 Å². The Morgan fingerprint density at radius 2 is 1.74 bits per heavy atom. The predicted molar refractivity (Wildman–Crippen MR) is 122 cm³/mol. The van der Waals surface area contributed by atoms with Crippen LogP contribution in [0.2, 0.25) is 0 Å². The van der Waals surface area contributed by atoms with Gasteiger partial charge in [0.1, 0.15) is 0 Å². The molecular weight excluding hydrogens is 388 g/mol. The van der Waals surface area contributed by atoms with Crippen molar-refractivity contribution >= 4 is 5.96 Å². The summed E-state index contributed by atoms with van der Waals surface area (Å²) in [5.74, 6) is 2.02. The Kier molecular flexibility index (Phi) is 6.12. The van der Waals surface area contributed by atoms with Crippen LogP contribution in [-0.4, -0.2) is 27.8 Å². The van der Waals surface area contributed by atoms with E-state index in [1.54, 1.807) is 13.2 Å². The minimum absolute atomic E-state index is 0.436. The van der Waals surface area contributed by atoms with E-state index in [2.05, 4.69) is 50.8 Å². The number of aliphatic imine (C=N–C) groups is 1. The summed E-state index contributed by atoms with van der Waals surface area (Å²) in [5, 5.41) is 11.2. The molecule has 31 heavy (non-hydrogen) atoms. The molecule has 158 valence electrons. The van der Waals surface area contributed by atoms with E-state index in [4.69, 9.17) is 4.42 Å². The molecule has 0 aliphatic rings. The molecule has 4 rings (SSSR count). The normalized spacial score (nSPS) is 11.5. The van der Waals surface area contributed by atoms with Crippen LogP contribution in [0, 0.1) is 13.8 Å². The molecule has 0 atom stereocenters. The van der Waals surface area contributed by atoms with Crippen molar-refractivity contribution < 1.29 is 4.42 Å². The Bertz CT molecular complexity index is 1180. The van der Waals surface area contributed by atoms with E-state index >= 15 is 0 Å². The number of guanidine groups is 1. The summed E-state index contributed by atoms with van der Waals surface area (Å²) < 4.78 is 7.82. The summed E-state index contributed by atoms with van der Waals surface area (Å²) in [5.41, 5.74) is 5.28. The zero-order valence-electron chi connectivity index (χ0n) is 18.0. The van der Waals surface area contributed by atoms with Crippen LogP contribution in [0.5, 0.6) is 0 Å². The lowest BCUT2D eigenvalue weighted by atomic mass is 10.1. The third-order valence-corrected chi connectivity index (χ3v) is 4.92. The number of benzene rings is 2. The van der Waals surface area contributed by atoms with Crippen molar-refractivity contribution in [2.75, 3.05) is 7.05 Å². The maximum atomic E-state index is 5.85. The fourth-order valence-corrected chi connectivity index (χ4v) is 3.43. The van der Waals surface area contributed by atoms with Gasteiger partial charge in [-0.15, -0.1) is 0 Å². The molecule has 0 saturated carbocycles. The first kappa shape index (κ1) is 20.4. The second kappa shape index (κ2) is 9.30. The third-order valence-electron chi connectivity index (χ3n) is 4.92. The summed E-state index contributed by atoms with van der Waals surface area (Å²) in [6.07, 6.45) is 1.74. The van der Waals surface area contributed by atoms with E-state index in [1.165, 1.54) is 0 Å². The summed E-state index contributed by atoms with van der Waals surface area (Å²) in [6.45, 7) is 5.10. The van der Waals surface area contributed by atoms with E-state index in [-0.39, 0.29) is 0 Å². The number of hydrogen-bond acceptors (Lipinski definition) is 4. The molecule has 0 spiro atoms. The van der Waals surface area contributed by atoms with Crippen molar-refractivity contribution in [2.24, 2.45) is 4.99 Å². The van der Waals surface area contributed by atoms with Gasteiger partial charge in [0.25, 0.3) is 0 Å². The number of nitrogens with one attached hydrogen (secondary N) is 2. The number of oxazole rings is 1. The van der Waals surface area contributed by atoms with E-state index in [0.29, 0.717) is 24.9 Å². The average Bonchev–Trinajstić information content (AvgIpc) is 3.40. The molecule has 0 fully saturated rings. The highest BCUT2D eigenvalue weighted by molar-refractivity contribution is 5.79. The van der Waals surface area contributed by atoms with Crippen LogP contribution in [0.4, 0.5) is 0 Å². The van der Waals surface area contributed by atoms with Crippen molar-refractivity contribution in [3.63, 3.8) is 0 Å². The SMILES string of the molecule is CN=C(NCc1ncc(-c2ccccc2)o1)NCc1ccccc1-n1nc(C)cc1C. The molecule has 0 aliphatic carbocycles. The highest BCUT2D eigenvalue weighted by atomic mass is 16.4. The van der Waals surface area contributed by atoms with Crippen LogP contribution >= 0.6 is 0 Å². The third kappa shape index (κ3) is 4.83. The van der Waals surface area contributed by atoms with E-state index in [9.17, 15) is 0 Å². The lowest BCUT2D eigenvalue weighted by Crippen LogP contribution is -2.36. The minimum atomic E-state index is 0.436. The zero-order valence-corrected chi connectivity index (χ0v) is 18.0. The second-order valence-electron chi connectivity index (χ2n) is 7.23. The predicted octanol–water partition coefficient (Wildman–Crippen LogP) is 4.01. The highest BCUT2D eigenvalue weighted by Crippen LogP contribution is 2.20. The summed E-state index contributed by atoms with van der Waals surface area (Å²) in [4.78, 5) is 8.67. The van der Waals surface area contributed by atoms with Gasteiger partial charge < -0.3 is 15.1 Å². The minimum Gasteiger partial charge on any atom is -0.439 e. The van der Waals surface area contributed by atoms with Gasteiger partial charge in [-0.1, -0.05) is 48.5 Å². The topological polar surface area (TPSA) is 80.3 Å². The molecule has 7 nitrogen and oxygen atoms in total. The van der Waals surface area contributed by atoms with E-state index < -0.39 is 0 Å². The molecule has 0 aliphatic heterocycles. The maximum Gasteiger partial charge on any atom is 0.214 e. The van der Waals surface area contributed by atoms with Crippen LogP contribution in [0.3, 0.4) is 0 Å². The molecule has 2 heterocycles. The lowest BCUT2D eigenvalue weighted by molar-refractivity contribution is 0.497. The average molecular weight is 415 g/mol. The Morgan fingerprint density at radius 3 is 2.48 bits per heavy atom. The van der Waals surface area contributed by atoms with Crippen molar-refractivity contribution in [3.05, 3.63) is 89.7 Å². The summed E-state index contributed by atoms with van der Waals surface area (Å²) in [6, 6.07) is 20.2. The molecule has 0 radical (unpaired) electrons. The molecule has 2 aromatic heterocycles. The van der Waals surface area contributed by atoms with Gasteiger partial charge in [-0.3, -0.25) is 4.99 Å². The van der Waals surface area contributed by atoms with Crippen molar-refractivity contribution in [3.8, 4) is 17.0 Å². The number of para-hydroxylation sites is 1. The van der Waals surface area contributed by atoms with Crippen LogP contribution in [0.25, 0.3) is 17.0 Å². The maximum absolute atomic E-state index is 5.85. The van der Waals surface area contributed by atoms with Crippen LogP contribution in [0.15, 0.2) is 76.3 Å². The van der Waals surface area contributed by atoms with Gasteiger partial charge in [-0.25, -0.2) is 9.67 Å². The Morgan fingerprint density at radius 1 is 1.00 bits per heavy atom.